The van der Waals surface area contributed by atoms with Crippen LogP contribution in [-0.4, -0.2) is 20.3 Å². The molecular formula is C14H19IN4. The van der Waals surface area contributed by atoms with E-state index < -0.39 is 0 Å². The summed E-state index contributed by atoms with van der Waals surface area (Å²) in [4.78, 5) is 4.52. The number of hydrogen-bond acceptors (Lipinski definition) is 3. The van der Waals surface area contributed by atoms with E-state index in [0.717, 1.165) is 21.5 Å². The predicted octanol–water partition coefficient (Wildman–Crippen LogP) is 3.07. The molecule has 0 radical (unpaired) electrons. The summed E-state index contributed by atoms with van der Waals surface area (Å²) in [6.45, 7) is 9.37. The third-order valence-electron chi connectivity index (χ3n) is 2.70. The molecule has 0 unspecified atom stereocenters. The van der Waals surface area contributed by atoms with Crippen LogP contribution in [0, 0.1) is 10.5 Å². The predicted molar refractivity (Wildman–Crippen MR) is 85.4 cm³/mol. The maximum absolute atomic E-state index is 4.52. The second-order valence-electron chi connectivity index (χ2n) is 5.69. The van der Waals surface area contributed by atoms with Gasteiger partial charge in [-0.1, -0.05) is 0 Å². The first-order chi connectivity index (χ1) is 8.85. The lowest BCUT2D eigenvalue weighted by Gasteiger charge is -2.20. The molecular weight excluding hydrogens is 351 g/mol. The fourth-order valence-corrected chi connectivity index (χ4v) is 2.13. The molecule has 0 bridgehead atoms. The van der Waals surface area contributed by atoms with E-state index in [4.69, 9.17) is 0 Å². The Hall–Kier alpha value is -0.950. The number of nitrogens with one attached hydrogen (secondary N) is 1. The van der Waals surface area contributed by atoms with Crippen LogP contribution in [0.25, 0.3) is 5.82 Å². The Morgan fingerprint density at radius 3 is 2.58 bits per heavy atom. The molecule has 0 saturated carbocycles. The number of aromatic nitrogens is 3. The molecule has 19 heavy (non-hydrogen) atoms. The van der Waals surface area contributed by atoms with Crippen molar-refractivity contribution in [3.05, 3.63) is 39.4 Å². The largest absolute Gasteiger partial charge is 0.308 e. The molecule has 102 valence electrons. The fraction of sp³-hybridized carbons (Fsp3) is 0.429. The second kappa shape index (κ2) is 5.58. The van der Waals surface area contributed by atoms with E-state index in [1.165, 1.54) is 5.56 Å². The van der Waals surface area contributed by atoms with Crippen molar-refractivity contribution in [2.75, 3.05) is 0 Å². The van der Waals surface area contributed by atoms with Crippen molar-refractivity contribution in [1.82, 2.24) is 20.1 Å². The number of halogens is 1. The highest BCUT2D eigenvalue weighted by Gasteiger charge is 2.10. The molecule has 2 aromatic heterocycles. The SMILES string of the molecule is Cc1cc(CNC(C)(C)C)cnc1-n1cc(I)cn1. The Balaban J connectivity index is 2.18. The zero-order chi connectivity index (χ0) is 14.0. The molecule has 0 atom stereocenters. The Morgan fingerprint density at radius 1 is 1.32 bits per heavy atom. The fourth-order valence-electron chi connectivity index (χ4n) is 1.75. The van der Waals surface area contributed by atoms with E-state index in [1.807, 2.05) is 23.3 Å². The Morgan fingerprint density at radius 2 is 2.05 bits per heavy atom. The van der Waals surface area contributed by atoms with Crippen LogP contribution in [0.4, 0.5) is 0 Å². The molecule has 2 rings (SSSR count). The molecule has 2 aromatic rings. The average molecular weight is 370 g/mol. The van der Waals surface area contributed by atoms with Gasteiger partial charge in [-0.25, -0.2) is 9.67 Å². The van der Waals surface area contributed by atoms with Crippen LogP contribution < -0.4 is 5.32 Å². The van der Waals surface area contributed by atoms with Gasteiger partial charge < -0.3 is 5.32 Å². The van der Waals surface area contributed by atoms with Gasteiger partial charge in [-0.15, -0.1) is 0 Å². The van der Waals surface area contributed by atoms with E-state index in [9.17, 15) is 0 Å². The number of hydrogen-bond donors (Lipinski definition) is 1. The van der Waals surface area contributed by atoms with Gasteiger partial charge in [0, 0.05) is 24.5 Å². The number of rotatable bonds is 3. The first-order valence-corrected chi connectivity index (χ1v) is 7.34. The molecule has 2 heterocycles. The number of aryl methyl sites for hydroxylation is 1. The van der Waals surface area contributed by atoms with Crippen molar-refractivity contribution in [2.45, 2.75) is 39.8 Å². The standard InChI is InChI=1S/C14H19IN4/c1-10-5-11(7-17-14(2,3)4)6-16-13(10)19-9-12(15)8-18-19/h5-6,8-9,17H,7H2,1-4H3. The summed E-state index contributed by atoms with van der Waals surface area (Å²) in [6.07, 6.45) is 5.72. The minimum absolute atomic E-state index is 0.116. The average Bonchev–Trinajstić information content (AvgIpc) is 2.72. The van der Waals surface area contributed by atoms with Gasteiger partial charge in [0.15, 0.2) is 5.82 Å². The van der Waals surface area contributed by atoms with Crippen LogP contribution in [0.1, 0.15) is 31.9 Å². The second-order valence-corrected chi connectivity index (χ2v) is 6.94. The molecule has 0 aromatic carbocycles. The zero-order valence-corrected chi connectivity index (χ0v) is 13.9. The van der Waals surface area contributed by atoms with Crippen LogP contribution in [0.15, 0.2) is 24.7 Å². The quantitative estimate of drug-likeness (QED) is 0.845. The first-order valence-electron chi connectivity index (χ1n) is 6.26. The topological polar surface area (TPSA) is 42.7 Å². The van der Waals surface area contributed by atoms with E-state index >= 15 is 0 Å². The molecule has 5 heteroatoms. The Kier molecular flexibility index (Phi) is 4.25. The van der Waals surface area contributed by atoms with E-state index in [0.29, 0.717) is 0 Å². The molecule has 0 aliphatic carbocycles. The molecule has 4 nitrogen and oxygen atoms in total. The number of pyridine rings is 1. The summed E-state index contributed by atoms with van der Waals surface area (Å²) in [5.74, 6) is 0.891. The summed E-state index contributed by atoms with van der Waals surface area (Å²) in [5, 5.41) is 7.76. The van der Waals surface area contributed by atoms with Gasteiger partial charge in [-0.05, 0) is 67.5 Å². The Bertz CT molecular complexity index is 569. The van der Waals surface area contributed by atoms with Crippen molar-refractivity contribution in [3.8, 4) is 5.82 Å². The first kappa shape index (κ1) is 14.5. The van der Waals surface area contributed by atoms with Gasteiger partial charge in [0.1, 0.15) is 0 Å². The maximum atomic E-state index is 4.52. The lowest BCUT2D eigenvalue weighted by molar-refractivity contribution is 0.424. The third-order valence-corrected chi connectivity index (χ3v) is 3.26. The van der Waals surface area contributed by atoms with Crippen molar-refractivity contribution >= 4 is 22.6 Å². The van der Waals surface area contributed by atoms with Gasteiger partial charge in [-0.2, -0.15) is 5.10 Å². The van der Waals surface area contributed by atoms with E-state index in [-0.39, 0.29) is 5.54 Å². The van der Waals surface area contributed by atoms with E-state index in [1.54, 1.807) is 0 Å². The lowest BCUT2D eigenvalue weighted by atomic mass is 10.1. The lowest BCUT2D eigenvalue weighted by Crippen LogP contribution is -2.35. The summed E-state index contributed by atoms with van der Waals surface area (Å²) in [7, 11) is 0. The van der Waals surface area contributed by atoms with Gasteiger partial charge >= 0.3 is 0 Å². The highest BCUT2D eigenvalue weighted by Crippen LogP contribution is 2.14. The zero-order valence-electron chi connectivity index (χ0n) is 11.7. The van der Waals surface area contributed by atoms with Gasteiger partial charge in [0.2, 0.25) is 0 Å². The summed E-state index contributed by atoms with van der Waals surface area (Å²) in [6, 6.07) is 2.16. The summed E-state index contributed by atoms with van der Waals surface area (Å²) >= 11 is 2.25. The van der Waals surface area contributed by atoms with Crippen molar-refractivity contribution < 1.29 is 0 Å². The number of nitrogens with zero attached hydrogens (tertiary/aromatic N) is 3. The van der Waals surface area contributed by atoms with Crippen LogP contribution in [-0.2, 0) is 6.54 Å². The minimum atomic E-state index is 0.116. The third kappa shape index (κ3) is 4.01. The van der Waals surface area contributed by atoms with Crippen LogP contribution in [0.3, 0.4) is 0 Å². The van der Waals surface area contributed by atoms with Crippen molar-refractivity contribution in [1.29, 1.82) is 0 Å². The van der Waals surface area contributed by atoms with E-state index in [2.05, 4.69) is 71.8 Å². The van der Waals surface area contributed by atoms with Crippen LogP contribution in [0.2, 0.25) is 0 Å². The van der Waals surface area contributed by atoms with Crippen molar-refractivity contribution in [3.63, 3.8) is 0 Å². The smallest absolute Gasteiger partial charge is 0.156 e. The highest BCUT2D eigenvalue weighted by atomic mass is 127. The van der Waals surface area contributed by atoms with Crippen LogP contribution in [0.5, 0.6) is 0 Å². The van der Waals surface area contributed by atoms with Gasteiger partial charge in [0.25, 0.3) is 0 Å². The molecule has 0 fully saturated rings. The highest BCUT2D eigenvalue weighted by molar-refractivity contribution is 14.1. The molecule has 0 aliphatic heterocycles. The maximum Gasteiger partial charge on any atom is 0.156 e. The summed E-state index contributed by atoms with van der Waals surface area (Å²) < 4.78 is 2.93. The molecule has 0 saturated heterocycles. The normalized spacial score (nSPS) is 11.8. The molecule has 0 amide bonds. The van der Waals surface area contributed by atoms with Crippen molar-refractivity contribution in [2.24, 2.45) is 0 Å². The summed E-state index contributed by atoms with van der Waals surface area (Å²) in [5.41, 5.74) is 2.44. The monoisotopic (exact) mass is 370 g/mol. The van der Waals surface area contributed by atoms with Gasteiger partial charge in [0.05, 0.1) is 9.77 Å². The van der Waals surface area contributed by atoms with Crippen LogP contribution >= 0.6 is 22.6 Å². The molecule has 0 aliphatic rings. The minimum Gasteiger partial charge on any atom is -0.308 e. The Labute approximate surface area is 127 Å². The van der Waals surface area contributed by atoms with Gasteiger partial charge in [-0.3, -0.25) is 0 Å². The molecule has 0 spiro atoms. The molecule has 1 N–H and O–H groups in total.